The maximum atomic E-state index is 11.0. The monoisotopic (exact) mass is 323 g/mol. The number of aromatic amines is 1. The van der Waals surface area contributed by atoms with Crippen LogP contribution < -0.4 is 0 Å². The Balaban J connectivity index is 2.19. The van der Waals surface area contributed by atoms with Crippen molar-refractivity contribution in [2.75, 3.05) is 0 Å². The third-order valence-corrected chi connectivity index (χ3v) is 3.94. The largest absolute Gasteiger partial charge is 0.476 e. The molecule has 3 rings (SSSR count). The molecule has 18 heavy (non-hydrogen) atoms. The molecule has 0 aliphatic heterocycles. The zero-order chi connectivity index (χ0) is 12.7. The van der Waals surface area contributed by atoms with E-state index in [4.69, 9.17) is 5.11 Å². The molecule has 2 aromatic heterocycles. The van der Waals surface area contributed by atoms with E-state index in [0.29, 0.717) is 10.7 Å². The summed E-state index contributed by atoms with van der Waals surface area (Å²) >= 11 is 4.82. The quantitative estimate of drug-likeness (QED) is 0.759. The number of hydrogen-bond donors (Lipinski definition) is 2. The molecular formula is C11H6BrN3O2S. The van der Waals surface area contributed by atoms with Crippen molar-refractivity contribution in [1.82, 2.24) is 15.0 Å². The second kappa shape index (κ2) is 4.18. The zero-order valence-corrected chi connectivity index (χ0v) is 11.2. The lowest BCUT2D eigenvalue weighted by Gasteiger charge is -1.92. The Bertz CT molecular complexity index is 750. The van der Waals surface area contributed by atoms with Crippen molar-refractivity contribution in [3.63, 3.8) is 0 Å². The molecule has 2 heterocycles. The second-order valence-electron chi connectivity index (χ2n) is 3.56. The van der Waals surface area contributed by atoms with Crippen molar-refractivity contribution >= 4 is 43.5 Å². The highest BCUT2D eigenvalue weighted by atomic mass is 79.9. The lowest BCUT2D eigenvalue weighted by atomic mass is 10.3. The summed E-state index contributed by atoms with van der Waals surface area (Å²) in [5.41, 5.74) is 1.28. The second-order valence-corrected chi connectivity index (χ2v) is 5.51. The van der Waals surface area contributed by atoms with E-state index in [9.17, 15) is 4.79 Å². The number of nitrogens with one attached hydrogen (secondary N) is 1. The molecule has 0 atom stereocenters. The van der Waals surface area contributed by atoms with Crippen LogP contribution in [0.25, 0.3) is 20.9 Å². The Hall–Kier alpha value is -1.73. The van der Waals surface area contributed by atoms with Gasteiger partial charge in [0.05, 0.1) is 16.5 Å². The van der Waals surface area contributed by atoms with E-state index in [0.717, 1.165) is 14.7 Å². The van der Waals surface area contributed by atoms with Gasteiger partial charge in [-0.25, -0.2) is 14.8 Å². The number of nitrogens with zero attached hydrogens (tertiary/aromatic N) is 2. The minimum absolute atomic E-state index is 0.00637. The van der Waals surface area contributed by atoms with Crippen molar-refractivity contribution < 1.29 is 9.90 Å². The highest BCUT2D eigenvalue weighted by molar-refractivity contribution is 9.10. The number of aromatic carboxylic acids is 1. The summed E-state index contributed by atoms with van der Waals surface area (Å²) < 4.78 is 1.96. The summed E-state index contributed by atoms with van der Waals surface area (Å²) in [6.45, 7) is 0. The minimum Gasteiger partial charge on any atom is -0.476 e. The van der Waals surface area contributed by atoms with Gasteiger partial charge in [0.1, 0.15) is 10.7 Å². The molecule has 90 valence electrons. The fourth-order valence-electron chi connectivity index (χ4n) is 1.62. The molecule has 7 heteroatoms. The molecule has 0 saturated carbocycles. The first-order valence-electron chi connectivity index (χ1n) is 4.98. The van der Waals surface area contributed by atoms with Gasteiger partial charge in [-0.15, -0.1) is 11.3 Å². The van der Waals surface area contributed by atoms with Crippen molar-refractivity contribution in [3.05, 3.63) is 34.7 Å². The number of carboxylic acids is 1. The number of thiazole rings is 1. The summed E-state index contributed by atoms with van der Waals surface area (Å²) in [6.07, 6.45) is 1.36. The molecular weight excluding hydrogens is 318 g/mol. The maximum absolute atomic E-state index is 11.0. The number of rotatable bonds is 2. The van der Waals surface area contributed by atoms with Crippen LogP contribution in [0, 0.1) is 0 Å². The lowest BCUT2D eigenvalue weighted by molar-refractivity contribution is 0.0692. The van der Waals surface area contributed by atoms with Crippen molar-refractivity contribution in [3.8, 4) is 10.7 Å². The average molecular weight is 324 g/mol. The number of carboxylic acid groups (broad SMARTS) is 1. The van der Waals surface area contributed by atoms with Gasteiger partial charge >= 0.3 is 5.97 Å². The Kier molecular flexibility index (Phi) is 2.64. The summed E-state index contributed by atoms with van der Waals surface area (Å²) in [4.78, 5) is 22.0. The number of carbonyl (C=O) groups is 1. The Morgan fingerprint density at radius 1 is 1.44 bits per heavy atom. The number of H-pyrrole nitrogens is 1. The fourth-order valence-corrected chi connectivity index (χ4v) is 3.15. The van der Waals surface area contributed by atoms with Gasteiger partial charge in [-0.2, -0.15) is 0 Å². The zero-order valence-electron chi connectivity index (χ0n) is 8.85. The molecule has 3 aromatic rings. The number of imidazole rings is 1. The van der Waals surface area contributed by atoms with Gasteiger partial charge < -0.3 is 10.1 Å². The smallest absolute Gasteiger partial charge is 0.356 e. The van der Waals surface area contributed by atoms with Gasteiger partial charge in [-0.1, -0.05) is 15.9 Å². The highest BCUT2D eigenvalue weighted by Crippen LogP contribution is 2.32. The first-order valence-corrected chi connectivity index (χ1v) is 6.59. The SMILES string of the molecule is O=C(O)c1nc[nH]c1-c1nc2ccc(Br)cc2s1. The molecule has 0 fully saturated rings. The molecule has 0 saturated heterocycles. The molecule has 5 nitrogen and oxygen atoms in total. The Morgan fingerprint density at radius 3 is 3.06 bits per heavy atom. The van der Waals surface area contributed by atoms with Crippen molar-refractivity contribution in [1.29, 1.82) is 0 Å². The van der Waals surface area contributed by atoms with Crippen LogP contribution in [-0.4, -0.2) is 26.0 Å². The third kappa shape index (κ3) is 1.81. The number of aromatic nitrogens is 3. The van der Waals surface area contributed by atoms with Crippen LogP contribution in [0.15, 0.2) is 29.0 Å². The normalized spacial score (nSPS) is 10.9. The highest BCUT2D eigenvalue weighted by Gasteiger charge is 2.17. The maximum Gasteiger partial charge on any atom is 0.356 e. The van der Waals surface area contributed by atoms with Crippen LogP contribution in [0.1, 0.15) is 10.5 Å². The van der Waals surface area contributed by atoms with Crippen LogP contribution in [-0.2, 0) is 0 Å². The van der Waals surface area contributed by atoms with E-state index in [1.807, 2.05) is 18.2 Å². The van der Waals surface area contributed by atoms with Crippen molar-refractivity contribution in [2.24, 2.45) is 0 Å². The molecule has 0 spiro atoms. The van der Waals surface area contributed by atoms with Gasteiger partial charge in [-0.05, 0) is 18.2 Å². The predicted molar refractivity (Wildman–Crippen MR) is 71.9 cm³/mol. The Morgan fingerprint density at radius 2 is 2.28 bits per heavy atom. The topological polar surface area (TPSA) is 78.9 Å². The van der Waals surface area contributed by atoms with Crippen LogP contribution >= 0.6 is 27.3 Å². The van der Waals surface area contributed by atoms with Gasteiger partial charge in [0.25, 0.3) is 0 Å². The van der Waals surface area contributed by atoms with Gasteiger partial charge in [0.2, 0.25) is 0 Å². The minimum atomic E-state index is -1.06. The van der Waals surface area contributed by atoms with E-state index < -0.39 is 5.97 Å². The number of hydrogen-bond acceptors (Lipinski definition) is 4. The van der Waals surface area contributed by atoms with Crippen molar-refractivity contribution in [2.45, 2.75) is 0 Å². The molecule has 0 aliphatic rings. The van der Waals surface area contributed by atoms with E-state index in [1.54, 1.807) is 0 Å². The van der Waals surface area contributed by atoms with E-state index in [2.05, 4.69) is 30.9 Å². The molecule has 0 radical (unpaired) electrons. The lowest BCUT2D eigenvalue weighted by Crippen LogP contribution is -1.98. The number of halogens is 1. The first kappa shape index (κ1) is 11.4. The van der Waals surface area contributed by atoms with Crippen LogP contribution in [0.4, 0.5) is 0 Å². The number of fused-ring (bicyclic) bond motifs is 1. The molecule has 1 aromatic carbocycles. The van der Waals surface area contributed by atoms with E-state index in [-0.39, 0.29) is 5.69 Å². The van der Waals surface area contributed by atoms with Crippen LogP contribution in [0.2, 0.25) is 0 Å². The van der Waals surface area contributed by atoms with E-state index in [1.165, 1.54) is 17.7 Å². The summed E-state index contributed by atoms with van der Waals surface area (Å²) in [6, 6.07) is 5.74. The van der Waals surface area contributed by atoms with Crippen LogP contribution in [0.5, 0.6) is 0 Å². The first-order chi connectivity index (χ1) is 8.65. The standard InChI is InChI=1S/C11H6BrN3O2S/c12-5-1-2-6-7(3-5)18-10(15-6)8-9(11(16)17)14-4-13-8/h1-4H,(H,13,14)(H,16,17). The molecule has 2 N–H and O–H groups in total. The Labute approximate surface area is 114 Å². The molecule has 0 bridgehead atoms. The van der Waals surface area contributed by atoms with Crippen LogP contribution in [0.3, 0.4) is 0 Å². The fraction of sp³-hybridized carbons (Fsp3) is 0. The summed E-state index contributed by atoms with van der Waals surface area (Å²) in [7, 11) is 0. The summed E-state index contributed by atoms with van der Waals surface area (Å²) in [5.74, 6) is -1.06. The van der Waals surface area contributed by atoms with Gasteiger partial charge in [0, 0.05) is 4.47 Å². The van der Waals surface area contributed by atoms with Gasteiger partial charge in [-0.3, -0.25) is 0 Å². The molecule has 0 unspecified atom stereocenters. The molecule has 0 amide bonds. The average Bonchev–Trinajstić information content (AvgIpc) is 2.93. The third-order valence-electron chi connectivity index (χ3n) is 2.41. The molecule has 0 aliphatic carbocycles. The van der Waals surface area contributed by atoms with E-state index >= 15 is 0 Å². The number of benzene rings is 1. The van der Waals surface area contributed by atoms with Gasteiger partial charge in [0.15, 0.2) is 5.69 Å². The predicted octanol–water partition coefficient (Wildman–Crippen LogP) is 3.15. The summed E-state index contributed by atoms with van der Waals surface area (Å²) in [5, 5.41) is 9.64.